The third-order valence-corrected chi connectivity index (χ3v) is 2.73. The summed E-state index contributed by atoms with van der Waals surface area (Å²) >= 11 is 0. The largest absolute Gasteiger partial charge is 0.479 e. The highest BCUT2D eigenvalue weighted by atomic mass is 16.5. The topological polar surface area (TPSA) is 45.0 Å². The Kier molecular flexibility index (Phi) is 4.65. The molecule has 0 aromatic heterocycles. The molecule has 0 bridgehead atoms. The van der Waals surface area contributed by atoms with Gasteiger partial charge in [-0.2, -0.15) is 5.26 Å². The van der Waals surface area contributed by atoms with E-state index < -0.39 is 0 Å². The van der Waals surface area contributed by atoms with Gasteiger partial charge in [-0.1, -0.05) is 24.1 Å². The highest BCUT2D eigenvalue weighted by molar-refractivity contribution is 5.50. The number of ether oxygens (including phenoxy) is 1. The van der Waals surface area contributed by atoms with Gasteiger partial charge < -0.3 is 10.1 Å². The minimum atomic E-state index is 0.0566. The van der Waals surface area contributed by atoms with Gasteiger partial charge in [0.15, 0.2) is 6.61 Å². The Hall–Kier alpha value is -2.91. The lowest BCUT2D eigenvalue weighted by Gasteiger charge is -2.08. The van der Waals surface area contributed by atoms with Crippen LogP contribution < -0.4 is 10.1 Å². The lowest BCUT2D eigenvalue weighted by Crippen LogP contribution is -2.00. The van der Waals surface area contributed by atoms with Crippen molar-refractivity contribution in [2.24, 2.45) is 0 Å². The second-order valence-corrected chi connectivity index (χ2v) is 4.17. The van der Waals surface area contributed by atoms with Crippen LogP contribution >= 0.6 is 0 Å². The van der Waals surface area contributed by atoms with Gasteiger partial charge in [0.1, 0.15) is 11.8 Å². The van der Waals surface area contributed by atoms with Crippen LogP contribution in [0.15, 0.2) is 48.5 Å². The van der Waals surface area contributed by atoms with Crippen LogP contribution in [0.4, 0.5) is 5.69 Å². The molecule has 0 saturated carbocycles. The van der Waals surface area contributed by atoms with E-state index in [9.17, 15) is 0 Å². The zero-order valence-electron chi connectivity index (χ0n) is 11.0. The SMILES string of the molecule is C#Cc1cccc(NCc2cccc(OCC#N)c2)c1. The molecule has 0 amide bonds. The number of nitrogens with one attached hydrogen (secondary N) is 1. The van der Waals surface area contributed by atoms with Crippen LogP contribution in [0, 0.1) is 23.7 Å². The molecule has 2 aromatic carbocycles. The fourth-order valence-corrected chi connectivity index (χ4v) is 1.78. The molecule has 2 rings (SSSR count). The molecule has 0 heterocycles. The first kappa shape index (κ1) is 13.5. The number of benzene rings is 2. The number of nitriles is 1. The maximum absolute atomic E-state index is 8.49. The highest BCUT2D eigenvalue weighted by Gasteiger charge is 1.98. The summed E-state index contributed by atoms with van der Waals surface area (Å²) in [6, 6.07) is 17.3. The van der Waals surface area contributed by atoms with Crippen molar-refractivity contribution in [1.82, 2.24) is 0 Å². The minimum Gasteiger partial charge on any atom is -0.479 e. The smallest absolute Gasteiger partial charge is 0.174 e. The van der Waals surface area contributed by atoms with Crippen LogP contribution in [0.5, 0.6) is 5.75 Å². The Labute approximate surface area is 118 Å². The molecule has 0 aliphatic heterocycles. The number of hydrogen-bond acceptors (Lipinski definition) is 3. The van der Waals surface area contributed by atoms with Crippen LogP contribution in [-0.4, -0.2) is 6.61 Å². The van der Waals surface area contributed by atoms with E-state index >= 15 is 0 Å². The van der Waals surface area contributed by atoms with Crippen LogP contribution in [-0.2, 0) is 6.54 Å². The van der Waals surface area contributed by atoms with E-state index in [4.69, 9.17) is 16.4 Å². The number of nitrogens with zero attached hydrogens (tertiary/aromatic N) is 1. The van der Waals surface area contributed by atoms with E-state index in [1.165, 1.54) is 0 Å². The van der Waals surface area contributed by atoms with Crippen molar-refractivity contribution >= 4 is 5.69 Å². The Morgan fingerprint density at radius 2 is 2.00 bits per heavy atom. The lowest BCUT2D eigenvalue weighted by molar-refractivity contribution is 0.368. The predicted octanol–water partition coefficient (Wildman–Crippen LogP) is 3.18. The van der Waals surface area contributed by atoms with Gasteiger partial charge in [0.25, 0.3) is 0 Å². The summed E-state index contributed by atoms with van der Waals surface area (Å²) in [6.07, 6.45) is 5.37. The second-order valence-electron chi connectivity index (χ2n) is 4.17. The molecule has 0 spiro atoms. The highest BCUT2D eigenvalue weighted by Crippen LogP contribution is 2.16. The minimum absolute atomic E-state index is 0.0566. The van der Waals surface area contributed by atoms with Crippen molar-refractivity contribution in [1.29, 1.82) is 5.26 Å². The van der Waals surface area contributed by atoms with Crippen LogP contribution in [0.25, 0.3) is 0 Å². The summed E-state index contributed by atoms with van der Waals surface area (Å²) in [7, 11) is 0. The number of rotatable bonds is 5. The van der Waals surface area contributed by atoms with Gasteiger partial charge in [0.05, 0.1) is 0 Å². The van der Waals surface area contributed by atoms with Gasteiger partial charge in [0.2, 0.25) is 0 Å². The van der Waals surface area contributed by atoms with Gasteiger partial charge in [-0.25, -0.2) is 0 Å². The normalized spacial score (nSPS) is 9.30. The van der Waals surface area contributed by atoms with Crippen molar-refractivity contribution in [2.45, 2.75) is 6.54 Å². The molecule has 1 N–H and O–H groups in total. The van der Waals surface area contributed by atoms with E-state index in [2.05, 4.69) is 11.2 Å². The van der Waals surface area contributed by atoms with E-state index in [1.54, 1.807) is 0 Å². The van der Waals surface area contributed by atoms with Gasteiger partial charge in [0, 0.05) is 17.8 Å². The molecule has 0 atom stereocenters. The third kappa shape index (κ3) is 3.80. The summed E-state index contributed by atoms with van der Waals surface area (Å²) in [5.41, 5.74) is 2.90. The molecule has 0 radical (unpaired) electrons. The van der Waals surface area contributed by atoms with E-state index in [0.29, 0.717) is 12.3 Å². The van der Waals surface area contributed by atoms with Crippen LogP contribution in [0.2, 0.25) is 0 Å². The van der Waals surface area contributed by atoms with Crippen molar-refractivity contribution in [3.05, 3.63) is 59.7 Å². The summed E-state index contributed by atoms with van der Waals surface area (Å²) in [6.45, 7) is 0.721. The monoisotopic (exact) mass is 262 g/mol. The average Bonchev–Trinajstić information content (AvgIpc) is 2.51. The molecule has 3 nitrogen and oxygen atoms in total. The molecule has 98 valence electrons. The first-order valence-corrected chi connectivity index (χ1v) is 6.21. The summed E-state index contributed by atoms with van der Waals surface area (Å²) in [4.78, 5) is 0. The summed E-state index contributed by atoms with van der Waals surface area (Å²) in [5, 5.41) is 11.8. The molecule has 20 heavy (non-hydrogen) atoms. The fourth-order valence-electron chi connectivity index (χ4n) is 1.78. The van der Waals surface area contributed by atoms with Crippen molar-refractivity contribution in [3.8, 4) is 24.2 Å². The Balaban J connectivity index is 2.00. The molecule has 0 fully saturated rings. The summed E-state index contributed by atoms with van der Waals surface area (Å²) in [5.74, 6) is 3.30. The zero-order valence-corrected chi connectivity index (χ0v) is 11.0. The molecular weight excluding hydrogens is 248 g/mol. The van der Waals surface area contributed by atoms with Gasteiger partial charge in [-0.3, -0.25) is 0 Å². The fraction of sp³-hybridized carbons (Fsp3) is 0.118. The quantitative estimate of drug-likeness (QED) is 0.842. The predicted molar refractivity (Wildman–Crippen MR) is 79.3 cm³/mol. The van der Waals surface area contributed by atoms with Crippen molar-refractivity contribution < 1.29 is 4.74 Å². The number of anilines is 1. The maximum Gasteiger partial charge on any atom is 0.174 e. The number of hydrogen-bond donors (Lipinski definition) is 1. The maximum atomic E-state index is 8.49. The first-order valence-electron chi connectivity index (χ1n) is 6.21. The third-order valence-electron chi connectivity index (χ3n) is 2.73. The molecular formula is C17H14N2O. The molecule has 0 unspecified atom stereocenters. The van der Waals surface area contributed by atoms with E-state index in [0.717, 1.165) is 16.8 Å². The van der Waals surface area contributed by atoms with Crippen LogP contribution in [0.1, 0.15) is 11.1 Å². The molecule has 0 aliphatic carbocycles. The van der Waals surface area contributed by atoms with Gasteiger partial charge in [-0.05, 0) is 35.9 Å². The second kappa shape index (κ2) is 6.87. The zero-order chi connectivity index (χ0) is 14.2. The Morgan fingerprint density at radius 3 is 2.80 bits per heavy atom. The summed E-state index contributed by atoms with van der Waals surface area (Å²) < 4.78 is 5.27. The first-order chi connectivity index (χ1) is 9.81. The Morgan fingerprint density at radius 1 is 1.15 bits per heavy atom. The molecule has 0 saturated heterocycles. The van der Waals surface area contributed by atoms with E-state index in [1.807, 2.05) is 54.6 Å². The van der Waals surface area contributed by atoms with Gasteiger partial charge in [-0.15, -0.1) is 6.42 Å². The lowest BCUT2D eigenvalue weighted by atomic mass is 10.2. The van der Waals surface area contributed by atoms with Crippen LogP contribution in [0.3, 0.4) is 0 Å². The van der Waals surface area contributed by atoms with Crippen molar-refractivity contribution in [3.63, 3.8) is 0 Å². The number of terminal acetylenes is 1. The van der Waals surface area contributed by atoms with Gasteiger partial charge >= 0.3 is 0 Å². The molecule has 3 heteroatoms. The van der Waals surface area contributed by atoms with E-state index in [-0.39, 0.29) is 6.61 Å². The molecule has 0 aliphatic rings. The standard InChI is InChI=1S/C17H14N2O/c1-2-14-5-3-7-16(11-14)19-13-15-6-4-8-17(12-15)20-10-9-18/h1,3-8,11-12,19H,10,13H2. The average molecular weight is 262 g/mol. The van der Waals surface area contributed by atoms with Crippen molar-refractivity contribution in [2.75, 3.05) is 11.9 Å². The molecule has 2 aromatic rings. The Bertz CT molecular complexity index is 665.